The molecule has 0 fully saturated rings. The number of anilines is 1. The van der Waals surface area contributed by atoms with Crippen LogP contribution in [0.3, 0.4) is 0 Å². The summed E-state index contributed by atoms with van der Waals surface area (Å²) >= 11 is 0. The van der Waals surface area contributed by atoms with Gasteiger partial charge in [0, 0.05) is 24.0 Å². The standard InChI is InChI=1S/C23H15F5N4O3S/c24-13-8-9-14(16(25)12-13)21(23(26,27)28)31-22(33)15-4-1-2-5-17(15)32-36(34,35)19-7-3-6-18-20(19)30-11-10-29-18/h1-12,21,32H,(H,31,33). The first kappa shape index (κ1) is 25.0. The predicted molar refractivity (Wildman–Crippen MR) is 119 cm³/mol. The number of carbonyl (C=O) groups excluding carboxylic acids is 1. The molecule has 0 radical (unpaired) electrons. The summed E-state index contributed by atoms with van der Waals surface area (Å²) in [5, 5.41) is 1.66. The summed E-state index contributed by atoms with van der Waals surface area (Å²) in [5.74, 6) is -3.96. The fourth-order valence-electron chi connectivity index (χ4n) is 3.43. The third-order valence-corrected chi connectivity index (χ3v) is 6.44. The summed E-state index contributed by atoms with van der Waals surface area (Å²) in [4.78, 5) is 20.6. The van der Waals surface area contributed by atoms with E-state index in [4.69, 9.17) is 0 Å². The lowest BCUT2D eigenvalue weighted by molar-refractivity contribution is -0.155. The first-order valence-corrected chi connectivity index (χ1v) is 11.6. The van der Waals surface area contributed by atoms with Gasteiger partial charge in [-0.1, -0.05) is 24.3 Å². The summed E-state index contributed by atoms with van der Waals surface area (Å²) in [6, 6.07) is 7.75. The molecule has 13 heteroatoms. The Balaban J connectivity index is 1.68. The molecular formula is C23H15F5N4O3S. The van der Waals surface area contributed by atoms with Crippen LogP contribution in [0.25, 0.3) is 11.0 Å². The Labute approximate surface area is 201 Å². The van der Waals surface area contributed by atoms with Gasteiger partial charge < -0.3 is 5.32 Å². The number of halogens is 5. The number of hydrogen-bond donors (Lipinski definition) is 2. The maximum Gasteiger partial charge on any atom is 0.412 e. The molecule has 3 aromatic carbocycles. The minimum Gasteiger partial charge on any atom is -0.337 e. The Morgan fingerprint density at radius 3 is 2.36 bits per heavy atom. The van der Waals surface area contributed by atoms with Gasteiger partial charge in [-0.3, -0.25) is 19.5 Å². The molecule has 0 aliphatic rings. The average Bonchev–Trinajstić information content (AvgIpc) is 2.82. The van der Waals surface area contributed by atoms with Gasteiger partial charge in [-0.25, -0.2) is 17.2 Å². The van der Waals surface area contributed by atoms with Gasteiger partial charge in [0.1, 0.15) is 22.0 Å². The summed E-state index contributed by atoms with van der Waals surface area (Å²) < 4.78 is 96.8. The van der Waals surface area contributed by atoms with E-state index in [-0.39, 0.29) is 27.7 Å². The second kappa shape index (κ2) is 9.49. The monoisotopic (exact) mass is 522 g/mol. The molecular weight excluding hydrogens is 507 g/mol. The van der Waals surface area contributed by atoms with Gasteiger partial charge in [-0.15, -0.1) is 0 Å². The van der Waals surface area contributed by atoms with Crippen molar-refractivity contribution in [3.63, 3.8) is 0 Å². The zero-order valence-electron chi connectivity index (χ0n) is 17.9. The van der Waals surface area contributed by atoms with Gasteiger partial charge >= 0.3 is 6.18 Å². The number of amides is 1. The zero-order valence-corrected chi connectivity index (χ0v) is 18.7. The highest BCUT2D eigenvalue weighted by Gasteiger charge is 2.43. The maximum absolute atomic E-state index is 14.1. The van der Waals surface area contributed by atoms with Gasteiger partial charge in [0.2, 0.25) is 0 Å². The molecule has 1 unspecified atom stereocenters. The van der Waals surface area contributed by atoms with E-state index in [1.165, 1.54) is 48.8 Å². The number of nitrogens with one attached hydrogen (secondary N) is 2. The third kappa shape index (κ3) is 5.10. The highest BCUT2D eigenvalue weighted by atomic mass is 32.2. The summed E-state index contributed by atoms with van der Waals surface area (Å²) in [6.45, 7) is 0. The van der Waals surface area contributed by atoms with E-state index in [0.29, 0.717) is 12.1 Å². The molecule has 1 aromatic heterocycles. The largest absolute Gasteiger partial charge is 0.412 e. The van der Waals surface area contributed by atoms with Crippen molar-refractivity contribution in [2.45, 2.75) is 17.1 Å². The van der Waals surface area contributed by atoms with E-state index in [0.717, 1.165) is 6.07 Å². The van der Waals surface area contributed by atoms with Crippen molar-refractivity contribution < 1.29 is 35.2 Å². The number of para-hydroxylation sites is 2. The normalized spacial score (nSPS) is 12.8. The number of rotatable bonds is 6. The highest BCUT2D eigenvalue weighted by molar-refractivity contribution is 7.93. The Morgan fingerprint density at radius 1 is 0.917 bits per heavy atom. The molecule has 0 saturated carbocycles. The van der Waals surface area contributed by atoms with Crippen LogP contribution < -0.4 is 10.0 Å². The molecule has 1 heterocycles. The highest BCUT2D eigenvalue weighted by Crippen LogP contribution is 2.35. The molecule has 36 heavy (non-hydrogen) atoms. The molecule has 0 aliphatic heterocycles. The fraction of sp³-hybridized carbons (Fsp3) is 0.0870. The number of aromatic nitrogens is 2. The van der Waals surface area contributed by atoms with Crippen LogP contribution in [-0.2, 0) is 10.0 Å². The first-order chi connectivity index (χ1) is 17.0. The molecule has 2 N–H and O–H groups in total. The van der Waals surface area contributed by atoms with Crippen LogP contribution in [0.2, 0.25) is 0 Å². The van der Waals surface area contributed by atoms with E-state index in [1.807, 2.05) is 0 Å². The Hall–Kier alpha value is -4.13. The minimum atomic E-state index is -5.15. The SMILES string of the molecule is O=C(NC(c1ccc(F)cc1F)C(F)(F)F)c1ccccc1NS(=O)(=O)c1cccc2nccnc12. The van der Waals surface area contributed by atoms with Crippen molar-refractivity contribution in [2.75, 3.05) is 4.72 Å². The lowest BCUT2D eigenvalue weighted by atomic mass is 10.0. The molecule has 0 spiro atoms. The van der Waals surface area contributed by atoms with Gasteiger partial charge in [0.15, 0.2) is 6.04 Å². The van der Waals surface area contributed by atoms with Crippen LogP contribution in [-0.4, -0.2) is 30.5 Å². The molecule has 1 amide bonds. The minimum absolute atomic E-state index is 0.0401. The predicted octanol–water partition coefficient (Wildman–Crippen LogP) is 4.74. The van der Waals surface area contributed by atoms with Gasteiger partial charge in [0.25, 0.3) is 15.9 Å². The second-order valence-corrected chi connectivity index (χ2v) is 9.10. The number of hydrogen-bond acceptors (Lipinski definition) is 5. The van der Waals surface area contributed by atoms with Gasteiger partial charge in [0.05, 0.1) is 16.8 Å². The van der Waals surface area contributed by atoms with E-state index in [1.54, 1.807) is 5.32 Å². The maximum atomic E-state index is 14.1. The molecule has 1 atom stereocenters. The van der Waals surface area contributed by atoms with Crippen LogP contribution in [0.4, 0.5) is 27.6 Å². The van der Waals surface area contributed by atoms with E-state index in [2.05, 4.69) is 14.7 Å². The quantitative estimate of drug-likeness (QED) is 0.356. The smallest absolute Gasteiger partial charge is 0.337 e. The molecule has 186 valence electrons. The van der Waals surface area contributed by atoms with Crippen LogP contribution in [0.5, 0.6) is 0 Å². The fourth-order valence-corrected chi connectivity index (χ4v) is 4.68. The number of benzene rings is 3. The molecule has 7 nitrogen and oxygen atoms in total. The van der Waals surface area contributed by atoms with Crippen molar-refractivity contribution in [1.29, 1.82) is 0 Å². The zero-order chi connectivity index (χ0) is 26.1. The van der Waals surface area contributed by atoms with Crippen molar-refractivity contribution in [2.24, 2.45) is 0 Å². The number of fused-ring (bicyclic) bond motifs is 1. The van der Waals surface area contributed by atoms with E-state index >= 15 is 0 Å². The summed E-state index contributed by atoms with van der Waals surface area (Å²) in [5.41, 5.74) is -1.50. The number of nitrogens with zero attached hydrogens (tertiary/aromatic N) is 2. The van der Waals surface area contributed by atoms with Crippen LogP contribution in [0.1, 0.15) is 22.0 Å². The Kier molecular flexibility index (Phi) is 6.59. The lowest BCUT2D eigenvalue weighted by Crippen LogP contribution is -2.39. The van der Waals surface area contributed by atoms with Gasteiger partial charge in [-0.2, -0.15) is 13.2 Å². The number of carbonyl (C=O) groups is 1. The number of sulfonamides is 1. The third-order valence-electron chi connectivity index (χ3n) is 5.04. The molecule has 0 saturated heterocycles. The van der Waals surface area contributed by atoms with Gasteiger partial charge in [-0.05, 0) is 30.3 Å². The van der Waals surface area contributed by atoms with E-state index < -0.39 is 50.9 Å². The topological polar surface area (TPSA) is 101 Å². The molecule has 0 bridgehead atoms. The second-order valence-electron chi connectivity index (χ2n) is 7.45. The molecule has 4 aromatic rings. The van der Waals surface area contributed by atoms with Crippen LogP contribution in [0, 0.1) is 11.6 Å². The summed E-state index contributed by atoms with van der Waals surface area (Å²) in [6.07, 6.45) is -2.49. The lowest BCUT2D eigenvalue weighted by Gasteiger charge is -2.23. The van der Waals surface area contributed by atoms with Crippen LogP contribution in [0.15, 0.2) is 78.0 Å². The number of alkyl halides is 3. The summed E-state index contributed by atoms with van der Waals surface area (Å²) in [7, 11) is -4.37. The van der Waals surface area contributed by atoms with Crippen molar-refractivity contribution in [3.8, 4) is 0 Å². The first-order valence-electron chi connectivity index (χ1n) is 10.1. The molecule has 0 aliphatic carbocycles. The molecule has 4 rings (SSSR count). The van der Waals surface area contributed by atoms with Crippen molar-refractivity contribution in [3.05, 3.63) is 95.8 Å². The average molecular weight is 522 g/mol. The van der Waals surface area contributed by atoms with Crippen LogP contribution >= 0.6 is 0 Å². The van der Waals surface area contributed by atoms with E-state index in [9.17, 15) is 35.2 Å². The van der Waals surface area contributed by atoms with Crippen molar-refractivity contribution in [1.82, 2.24) is 15.3 Å². The van der Waals surface area contributed by atoms with Crippen molar-refractivity contribution >= 4 is 32.7 Å². The Bertz CT molecular complexity index is 1560. The Morgan fingerprint density at radius 2 is 1.64 bits per heavy atom.